The molecule has 3 amide bonds. The first kappa shape index (κ1) is 16.4. The SMILES string of the molecule is CCOCCNC(=O)CCCC[C@@H]1SC[C@@H]2NC(=O)N[C@@H]21. The number of rotatable bonds is 9. The van der Waals surface area contributed by atoms with Crippen molar-refractivity contribution in [2.24, 2.45) is 0 Å². The predicted octanol–water partition coefficient (Wildman–Crippen LogP) is 0.865. The fraction of sp³-hybridized carbons (Fsp3) is 0.857. The minimum atomic E-state index is -0.0380. The molecule has 2 saturated heterocycles. The van der Waals surface area contributed by atoms with Crippen molar-refractivity contribution in [2.75, 3.05) is 25.5 Å². The third-order valence-corrected chi connectivity index (χ3v) is 5.36. The predicted molar refractivity (Wildman–Crippen MR) is 83.5 cm³/mol. The van der Waals surface area contributed by atoms with Gasteiger partial charge >= 0.3 is 6.03 Å². The molecule has 2 heterocycles. The zero-order valence-electron chi connectivity index (χ0n) is 12.5. The molecule has 0 bridgehead atoms. The smallest absolute Gasteiger partial charge is 0.315 e. The lowest BCUT2D eigenvalue weighted by molar-refractivity contribution is -0.121. The molecular weight excluding hydrogens is 290 g/mol. The van der Waals surface area contributed by atoms with Crippen molar-refractivity contribution >= 4 is 23.7 Å². The van der Waals surface area contributed by atoms with E-state index in [2.05, 4.69) is 16.0 Å². The largest absolute Gasteiger partial charge is 0.380 e. The second-order valence-corrected chi connectivity index (χ2v) is 6.69. The number of hydrogen-bond donors (Lipinski definition) is 3. The van der Waals surface area contributed by atoms with Crippen molar-refractivity contribution < 1.29 is 14.3 Å². The van der Waals surface area contributed by atoms with Gasteiger partial charge in [-0.1, -0.05) is 6.42 Å². The maximum atomic E-state index is 11.6. The van der Waals surface area contributed by atoms with Gasteiger partial charge in [0, 0.05) is 30.6 Å². The lowest BCUT2D eigenvalue weighted by atomic mass is 10.0. The Bertz CT molecular complexity index is 367. The van der Waals surface area contributed by atoms with Crippen LogP contribution in [0.5, 0.6) is 0 Å². The Morgan fingerprint density at radius 1 is 1.43 bits per heavy atom. The number of fused-ring (bicyclic) bond motifs is 1. The molecule has 0 unspecified atom stereocenters. The summed E-state index contributed by atoms with van der Waals surface area (Å²) in [6.45, 7) is 3.79. The highest BCUT2D eigenvalue weighted by Crippen LogP contribution is 2.33. The van der Waals surface area contributed by atoms with E-state index in [4.69, 9.17) is 4.74 Å². The maximum Gasteiger partial charge on any atom is 0.315 e. The van der Waals surface area contributed by atoms with Gasteiger partial charge in [0.1, 0.15) is 0 Å². The Labute approximate surface area is 130 Å². The van der Waals surface area contributed by atoms with Gasteiger partial charge in [-0.3, -0.25) is 4.79 Å². The van der Waals surface area contributed by atoms with Crippen LogP contribution in [0.2, 0.25) is 0 Å². The topological polar surface area (TPSA) is 79.5 Å². The number of carbonyl (C=O) groups excluding carboxylic acids is 2. The summed E-state index contributed by atoms with van der Waals surface area (Å²) in [5.41, 5.74) is 0. The van der Waals surface area contributed by atoms with Gasteiger partial charge in [0.2, 0.25) is 5.91 Å². The van der Waals surface area contributed by atoms with Crippen LogP contribution in [-0.4, -0.2) is 54.8 Å². The van der Waals surface area contributed by atoms with Crippen LogP contribution >= 0.6 is 11.8 Å². The number of amides is 3. The van der Waals surface area contributed by atoms with E-state index in [9.17, 15) is 9.59 Å². The molecule has 0 saturated carbocycles. The van der Waals surface area contributed by atoms with E-state index < -0.39 is 0 Å². The van der Waals surface area contributed by atoms with E-state index in [1.165, 1.54) is 0 Å². The van der Waals surface area contributed by atoms with Crippen molar-refractivity contribution in [3.8, 4) is 0 Å². The average Bonchev–Trinajstić information content (AvgIpc) is 2.99. The van der Waals surface area contributed by atoms with Crippen molar-refractivity contribution in [1.82, 2.24) is 16.0 Å². The number of carbonyl (C=O) groups is 2. The minimum Gasteiger partial charge on any atom is -0.380 e. The Morgan fingerprint density at radius 3 is 3.10 bits per heavy atom. The first-order valence-corrected chi connectivity index (χ1v) is 8.78. The molecule has 7 heteroatoms. The molecule has 3 N–H and O–H groups in total. The normalized spacial score (nSPS) is 27.1. The number of hydrogen-bond acceptors (Lipinski definition) is 4. The second-order valence-electron chi connectivity index (χ2n) is 5.41. The maximum absolute atomic E-state index is 11.6. The lowest BCUT2D eigenvalue weighted by Gasteiger charge is -2.16. The van der Waals surface area contributed by atoms with Crippen molar-refractivity contribution in [3.05, 3.63) is 0 Å². The van der Waals surface area contributed by atoms with Crippen LogP contribution in [0.4, 0.5) is 4.79 Å². The van der Waals surface area contributed by atoms with E-state index in [0.717, 1.165) is 25.0 Å². The van der Waals surface area contributed by atoms with E-state index in [1.54, 1.807) is 0 Å². The molecule has 0 radical (unpaired) electrons. The molecule has 2 aliphatic rings. The summed E-state index contributed by atoms with van der Waals surface area (Å²) < 4.78 is 5.17. The monoisotopic (exact) mass is 315 g/mol. The van der Waals surface area contributed by atoms with Crippen LogP contribution in [0.15, 0.2) is 0 Å². The standard InChI is InChI=1S/C14H25N3O3S/c1-2-20-8-7-15-12(18)6-4-3-5-11-13-10(9-21-11)16-14(19)17-13/h10-11,13H,2-9H2,1H3,(H,15,18)(H2,16,17,19)/t10-,11-,13-/m0/s1. The summed E-state index contributed by atoms with van der Waals surface area (Å²) in [5, 5.41) is 9.27. The van der Waals surface area contributed by atoms with Crippen molar-refractivity contribution in [3.63, 3.8) is 0 Å². The van der Waals surface area contributed by atoms with E-state index >= 15 is 0 Å². The van der Waals surface area contributed by atoms with Gasteiger partial charge in [-0.25, -0.2) is 4.79 Å². The summed E-state index contributed by atoms with van der Waals surface area (Å²) in [6, 6.07) is 0.515. The summed E-state index contributed by atoms with van der Waals surface area (Å²) in [7, 11) is 0. The van der Waals surface area contributed by atoms with Gasteiger partial charge in [-0.2, -0.15) is 11.8 Å². The van der Waals surface area contributed by atoms with Crippen LogP contribution in [0, 0.1) is 0 Å². The second kappa shape index (κ2) is 8.48. The molecule has 120 valence electrons. The molecule has 21 heavy (non-hydrogen) atoms. The Kier molecular flexibility index (Phi) is 6.63. The molecule has 0 aromatic heterocycles. The lowest BCUT2D eigenvalue weighted by Crippen LogP contribution is -2.36. The molecular formula is C14H25N3O3S. The molecule has 6 nitrogen and oxygen atoms in total. The molecule has 0 aromatic carbocycles. The number of nitrogens with one attached hydrogen (secondary N) is 3. The minimum absolute atomic E-state index is 0.0380. The van der Waals surface area contributed by atoms with Gasteiger partial charge in [0.25, 0.3) is 0 Å². The first-order chi connectivity index (χ1) is 10.2. The molecule has 3 atom stereocenters. The van der Waals surface area contributed by atoms with Crippen LogP contribution in [-0.2, 0) is 9.53 Å². The molecule has 2 fully saturated rings. The summed E-state index contributed by atoms with van der Waals surface area (Å²) >= 11 is 1.92. The van der Waals surface area contributed by atoms with Crippen molar-refractivity contribution in [2.45, 2.75) is 49.9 Å². The number of unbranched alkanes of at least 4 members (excludes halogenated alkanes) is 1. The highest BCUT2D eigenvalue weighted by atomic mass is 32.2. The van der Waals surface area contributed by atoms with Gasteiger partial charge in [0.15, 0.2) is 0 Å². The van der Waals surface area contributed by atoms with Crippen LogP contribution < -0.4 is 16.0 Å². The Morgan fingerprint density at radius 2 is 2.29 bits per heavy atom. The Hall–Kier alpha value is -0.950. The van der Waals surface area contributed by atoms with Gasteiger partial charge in [0.05, 0.1) is 18.7 Å². The van der Waals surface area contributed by atoms with Crippen LogP contribution in [0.25, 0.3) is 0 Å². The molecule has 2 rings (SSSR count). The van der Waals surface area contributed by atoms with Crippen molar-refractivity contribution in [1.29, 1.82) is 0 Å². The summed E-state index contributed by atoms with van der Waals surface area (Å²) in [5.74, 6) is 1.09. The Balaban J connectivity index is 1.52. The van der Waals surface area contributed by atoms with Crippen LogP contribution in [0.3, 0.4) is 0 Å². The third kappa shape index (κ3) is 5.07. The number of ether oxygens (including phenoxy) is 1. The van der Waals surface area contributed by atoms with E-state index in [-0.39, 0.29) is 24.0 Å². The molecule has 2 aliphatic heterocycles. The molecule has 0 spiro atoms. The fourth-order valence-electron chi connectivity index (χ4n) is 2.77. The summed E-state index contributed by atoms with van der Waals surface area (Å²) in [6.07, 6.45) is 3.55. The number of urea groups is 1. The van der Waals surface area contributed by atoms with Gasteiger partial charge in [-0.05, 0) is 19.8 Å². The third-order valence-electron chi connectivity index (χ3n) is 3.85. The molecule has 0 aliphatic carbocycles. The van der Waals surface area contributed by atoms with E-state index in [0.29, 0.717) is 31.4 Å². The highest BCUT2D eigenvalue weighted by Gasteiger charge is 2.42. The zero-order chi connectivity index (χ0) is 15.1. The molecule has 0 aromatic rings. The van der Waals surface area contributed by atoms with E-state index in [1.807, 2.05) is 18.7 Å². The summed E-state index contributed by atoms with van der Waals surface area (Å²) in [4.78, 5) is 22.9. The van der Waals surface area contributed by atoms with Gasteiger partial charge < -0.3 is 20.7 Å². The quantitative estimate of drug-likeness (QED) is 0.436. The first-order valence-electron chi connectivity index (χ1n) is 7.73. The fourth-order valence-corrected chi connectivity index (χ4v) is 4.31. The highest BCUT2D eigenvalue weighted by molar-refractivity contribution is 8.00. The van der Waals surface area contributed by atoms with Crippen LogP contribution in [0.1, 0.15) is 32.6 Å². The van der Waals surface area contributed by atoms with Gasteiger partial charge in [-0.15, -0.1) is 0 Å². The average molecular weight is 315 g/mol. The number of thioether (sulfide) groups is 1. The zero-order valence-corrected chi connectivity index (χ0v) is 13.3.